The fourth-order valence-corrected chi connectivity index (χ4v) is 2.44. The van der Waals surface area contributed by atoms with Crippen molar-refractivity contribution in [2.24, 2.45) is 0 Å². The van der Waals surface area contributed by atoms with E-state index in [1.807, 2.05) is 37.3 Å². The van der Waals surface area contributed by atoms with Crippen LogP contribution in [0.2, 0.25) is 0 Å². The van der Waals surface area contributed by atoms with E-state index in [1.165, 1.54) is 0 Å². The van der Waals surface area contributed by atoms with E-state index >= 15 is 0 Å². The molecule has 0 radical (unpaired) electrons. The average molecular weight is 358 g/mol. The summed E-state index contributed by atoms with van der Waals surface area (Å²) in [5.41, 5.74) is 3.36. The number of rotatable bonds is 5. The molecular weight excluding hydrogens is 342 g/mol. The van der Waals surface area contributed by atoms with Crippen LogP contribution in [-0.4, -0.2) is 12.5 Å². The highest BCUT2D eigenvalue weighted by Crippen LogP contribution is 2.20. The summed E-state index contributed by atoms with van der Waals surface area (Å²) >= 11 is 3.40. The van der Waals surface area contributed by atoms with Crippen molar-refractivity contribution < 1.29 is 4.79 Å². The maximum absolute atomic E-state index is 11.9. The molecule has 2 N–H and O–H groups in total. The number of nitrogens with zero attached hydrogens (tertiary/aromatic N) is 1. The molecule has 0 bridgehead atoms. The van der Waals surface area contributed by atoms with Crippen molar-refractivity contribution in [2.45, 2.75) is 13.3 Å². The number of halogens is 1. The molecule has 0 saturated carbocycles. The van der Waals surface area contributed by atoms with Gasteiger partial charge in [-0.2, -0.15) is 5.26 Å². The molecule has 112 valence electrons. The van der Waals surface area contributed by atoms with E-state index in [-0.39, 0.29) is 5.91 Å². The molecule has 0 fully saturated rings. The summed E-state index contributed by atoms with van der Waals surface area (Å²) in [4.78, 5) is 11.9. The van der Waals surface area contributed by atoms with Crippen LogP contribution in [0.3, 0.4) is 0 Å². The molecule has 0 aromatic heterocycles. The first-order valence-corrected chi connectivity index (χ1v) is 7.68. The van der Waals surface area contributed by atoms with Crippen molar-refractivity contribution in [3.8, 4) is 6.07 Å². The quantitative estimate of drug-likeness (QED) is 0.847. The summed E-state index contributed by atoms with van der Waals surface area (Å²) in [6.07, 6.45) is 0.371. The summed E-state index contributed by atoms with van der Waals surface area (Å²) in [7, 11) is 0. The Kier molecular flexibility index (Phi) is 5.56. The van der Waals surface area contributed by atoms with Crippen LogP contribution in [-0.2, 0) is 4.79 Å². The second kappa shape index (κ2) is 7.62. The zero-order valence-electron chi connectivity index (χ0n) is 12.2. The number of anilines is 2. The van der Waals surface area contributed by atoms with Gasteiger partial charge in [0.05, 0.1) is 11.6 Å². The van der Waals surface area contributed by atoms with E-state index in [4.69, 9.17) is 5.26 Å². The zero-order chi connectivity index (χ0) is 15.9. The third-order valence-electron chi connectivity index (χ3n) is 3.16. The molecule has 2 aromatic rings. The lowest BCUT2D eigenvalue weighted by Gasteiger charge is -2.10. The van der Waals surface area contributed by atoms with Crippen LogP contribution in [0, 0.1) is 18.3 Å². The van der Waals surface area contributed by atoms with E-state index in [0.717, 1.165) is 21.4 Å². The molecule has 0 aliphatic heterocycles. The molecule has 4 nitrogen and oxygen atoms in total. The summed E-state index contributed by atoms with van der Waals surface area (Å²) in [6, 6.07) is 15.0. The van der Waals surface area contributed by atoms with Gasteiger partial charge in [0, 0.05) is 28.8 Å². The lowest BCUT2D eigenvalue weighted by atomic mass is 10.2. The monoisotopic (exact) mass is 357 g/mol. The lowest BCUT2D eigenvalue weighted by molar-refractivity contribution is -0.115. The Morgan fingerprint density at radius 2 is 1.95 bits per heavy atom. The van der Waals surface area contributed by atoms with E-state index in [2.05, 4.69) is 32.6 Å². The number of hydrogen-bond donors (Lipinski definition) is 2. The van der Waals surface area contributed by atoms with E-state index < -0.39 is 0 Å². The SMILES string of the molecule is Cc1cc(Br)ccc1NC(=O)CCNc1ccc(C#N)cc1. The number of carbonyl (C=O) groups is 1. The predicted octanol–water partition coefficient (Wildman–Crippen LogP) is 4.07. The molecule has 0 saturated heterocycles. The van der Waals surface area contributed by atoms with Crippen LogP contribution in [0.5, 0.6) is 0 Å². The Balaban J connectivity index is 1.81. The minimum absolute atomic E-state index is 0.0356. The normalized spacial score (nSPS) is 9.86. The maximum atomic E-state index is 11.9. The summed E-state index contributed by atoms with van der Waals surface area (Å²) in [5, 5.41) is 14.8. The number of aryl methyl sites for hydroxylation is 1. The molecule has 5 heteroatoms. The van der Waals surface area contributed by atoms with Gasteiger partial charge >= 0.3 is 0 Å². The third-order valence-corrected chi connectivity index (χ3v) is 3.65. The molecule has 0 unspecified atom stereocenters. The second-order valence-corrected chi connectivity index (χ2v) is 5.79. The first kappa shape index (κ1) is 16.1. The first-order chi connectivity index (χ1) is 10.6. The van der Waals surface area contributed by atoms with E-state index in [1.54, 1.807) is 12.1 Å². The molecule has 0 aliphatic carbocycles. The third kappa shape index (κ3) is 4.61. The van der Waals surface area contributed by atoms with Gasteiger partial charge in [-0.05, 0) is 55.0 Å². The van der Waals surface area contributed by atoms with Gasteiger partial charge in [-0.15, -0.1) is 0 Å². The Morgan fingerprint density at radius 1 is 1.23 bits per heavy atom. The Bertz CT molecular complexity index is 705. The van der Waals surface area contributed by atoms with Gasteiger partial charge < -0.3 is 10.6 Å². The van der Waals surface area contributed by atoms with Crippen molar-refractivity contribution in [3.05, 3.63) is 58.1 Å². The summed E-state index contributed by atoms with van der Waals surface area (Å²) in [5.74, 6) is -0.0356. The molecule has 0 aliphatic rings. The minimum atomic E-state index is -0.0356. The van der Waals surface area contributed by atoms with Crippen LogP contribution in [0.4, 0.5) is 11.4 Å². The second-order valence-electron chi connectivity index (χ2n) is 4.87. The number of hydrogen-bond acceptors (Lipinski definition) is 3. The smallest absolute Gasteiger partial charge is 0.226 e. The molecule has 0 spiro atoms. The number of benzene rings is 2. The van der Waals surface area contributed by atoms with Gasteiger partial charge in [0.25, 0.3) is 0 Å². The lowest BCUT2D eigenvalue weighted by Crippen LogP contribution is -2.16. The number of carbonyl (C=O) groups excluding carboxylic acids is 1. The average Bonchev–Trinajstić information content (AvgIpc) is 2.51. The topological polar surface area (TPSA) is 64.9 Å². The fraction of sp³-hybridized carbons (Fsp3) is 0.176. The predicted molar refractivity (Wildman–Crippen MR) is 91.8 cm³/mol. The van der Waals surface area contributed by atoms with Gasteiger partial charge in [-0.3, -0.25) is 4.79 Å². The molecule has 2 rings (SSSR count). The van der Waals surface area contributed by atoms with Crippen molar-refractivity contribution in [3.63, 3.8) is 0 Å². The molecule has 0 atom stereocenters. The Hall–Kier alpha value is -2.32. The number of nitriles is 1. The summed E-state index contributed by atoms with van der Waals surface area (Å²) in [6.45, 7) is 2.49. The highest BCUT2D eigenvalue weighted by molar-refractivity contribution is 9.10. The molecule has 2 aromatic carbocycles. The highest BCUT2D eigenvalue weighted by atomic mass is 79.9. The highest BCUT2D eigenvalue weighted by Gasteiger charge is 2.05. The number of nitrogens with one attached hydrogen (secondary N) is 2. The first-order valence-electron chi connectivity index (χ1n) is 6.88. The molecule has 1 amide bonds. The molecule has 0 heterocycles. The fourth-order valence-electron chi connectivity index (χ4n) is 1.96. The Labute approximate surface area is 138 Å². The minimum Gasteiger partial charge on any atom is -0.385 e. The maximum Gasteiger partial charge on any atom is 0.226 e. The van der Waals surface area contributed by atoms with Crippen LogP contribution in [0.15, 0.2) is 46.9 Å². The van der Waals surface area contributed by atoms with E-state index in [0.29, 0.717) is 18.5 Å². The standard InChI is InChI=1S/C17H16BrN3O/c1-12-10-14(18)4-7-16(12)21-17(22)8-9-20-15-5-2-13(11-19)3-6-15/h2-7,10,20H,8-9H2,1H3,(H,21,22). The van der Waals surface area contributed by atoms with Gasteiger partial charge in [-0.25, -0.2) is 0 Å². The van der Waals surface area contributed by atoms with Crippen LogP contribution >= 0.6 is 15.9 Å². The molecule has 22 heavy (non-hydrogen) atoms. The van der Waals surface area contributed by atoms with Crippen molar-refractivity contribution in [2.75, 3.05) is 17.2 Å². The molecular formula is C17H16BrN3O. The van der Waals surface area contributed by atoms with Crippen molar-refractivity contribution >= 4 is 33.2 Å². The Morgan fingerprint density at radius 3 is 2.59 bits per heavy atom. The summed E-state index contributed by atoms with van der Waals surface area (Å²) < 4.78 is 0.991. The van der Waals surface area contributed by atoms with Gasteiger partial charge in [0.1, 0.15) is 0 Å². The van der Waals surface area contributed by atoms with E-state index in [9.17, 15) is 4.79 Å². The van der Waals surface area contributed by atoms with Gasteiger partial charge in [0.15, 0.2) is 0 Å². The van der Waals surface area contributed by atoms with Crippen molar-refractivity contribution in [1.82, 2.24) is 0 Å². The van der Waals surface area contributed by atoms with Gasteiger partial charge in [-0.1, -0.05) is 15.9 Å². The van der Waals surface area contributed by atoms with Crippen LogP contribution in [0.1, 0.15) is 17.5 Å². The van der Waals surface area contributed by atoms with Gasteiger partial charge in [0.2, 0.25) is 5.91 Å². The van der Waals surface area contributed by atoms with Crippen LogP contribution < -0.4 is 10.6 Å². The largest absolute Gasteiger partial charge is 0.385 e. The zero-order valence-corrected chi connectivity index (χ0v) is 13.8. The number of amides is 1. The van der Waals surface area contributed by atoms with Crippen LogP contribution in [0.25, 0.3) is 0 Å². The van der Waals surface area contributed by atoms with Crippen molar-refractivity contribution in [1.29, 1.82) is 5.26 Å².